The molecule has 1 aliphatic heterocycles. The number of aryl methyl sites for hydroxylation is 1. The number of pyridine rings is 1. The molecule has 0 atom stereocenters. The zero-order valence-corrected chi connectivity index (χ0v) is 10.4. The van der Waals surface area contributed by atoms with Crippen LogP contribution in [0.4, 0.5) is 0 Å². The zero-order valence-electron chi connectivity index (χ0n) is 10.4. The number of hydrogen-bond acceptors (Lipinski definition) is 3. The second kappa shape index (κ2) is 4.45. The van der Waals surface area contributed by atoms with Gasteiger partial charge >= 0.3 is 0 Å². The van der Waals surface area contributed by atoms with Crippen LogP contribution in [0.1, 0.15) is 35.9 Å². The number of hydrogen-bond donors (Lipinski definition) is 1. The Morgan fingerprint density at radius 1 is 1.53 bits per heavy atom. The second-order valence-corrected chi connectivity index (χ2v) is 4.94. The minimum atomic E-state index is -0.172. The molecule has 1 fully saturated rings. The number of amides is 1. The Balaban J connectivity index is 2.00. The Morgan fingerprint density at radius 2 is 2.24 bits per heavy atom. The molecule has 92 valence electrons. The number of carbonyl (C=O) groups excluding carboxylic acids is 1. The highest BCUT2D eigenvalue weighted by Crippen LogP contribution is 2.24. The summed E-state index contributed by atoms with van der Waals surface area (Å²) in [5, 5.41) is 0. The lowest BCUT2D eigenvalue weighted by molar-refractivity contribution is 0.0380. The van der Waals surface area contributed by atoms with E-state index in [-0.39, 0.29) is 11.4 Å². The van der Waals surface area contributed by atoms with E-state index in [2.05, 4.69) is 11.9 Å². The van der Waals surface area contributed by atoms with E-state index in [1.165, 1.54) is 0 Å². The van der Waals surface area contributed by atoms with E-state index in [4.69, 9.17) is 5.73 Å². The van der Waals surface area contributed by atoms with Gasteiger partial charge in [-0.05, 0) is 25.5 Å². The van der Waals surface area contributed by atoms with Gasteiger partial charge in [0.2, 0.25) is 0 Å². The average Bonchev–Trinajstić information content (AvgIpc) is 2.25. The number of likely N-dealkylation sites (tertiary alicyclic amines) is 1. The van der Waals surface area contributed by atoms with Crippen molar-refractivity contribution >= 4 is 5.91 Å². The molecular weight excluding hydrogens is 214 g/mol. The van der Waals surface area contributed by atoms with Crippen LogP contribution < -0.4 is 5.73 Å². The molecule has 1 saturated heterocycles. The summed E-state index contributed by atoms with van der Waals surface area (Å²) in [6, 6.07) is 5.50. The fourth-order valence-electron chi connectivity index (χ4n) is 2.34. The van der Waals surface area contributed by atoms with Gasteiger partial charge in [-0.3, -0.25) is 4.79 Å². The first kappa shape index (κ1) is 12.0. The summed E-state index contributed by atoms with van der Waals surface area (Å²) in [6.45, 7) is 5.29. The maximum Gasteiger partial charge on any atom is 0.272 e. The topological polar surface area (TPSA) is 59.2 Å². The third kappa shape index (κ3) is 2.47. The van der Waals surface area contributed by atoms with Gasteiger partial charge in [0.1, 0.15) is 5.69 Å². The molecular formula is C13H19N3O. The van der Waals surface area contributed by atoms with Gasteiger partial charge in [0.25, 0.3) is 5.91 Å². The summed E-state index contributed by atoms with van der Waals surface area (Å²) in [7, 11) is 0. The fraction of sp³-hybridized carbons (Fsp3) is 0.538. The molecule has 2 heterocycles. The number of nitrogens with zero attached hydrogens (tertiary/aromatic N) is 2. The van der Waals surface area contributed by atoms with Crippen molar-refractivity contribution in [1.82, 2.24) is 9.88 Å². The van der Waals surface area contributed by atoms with Crippen LogP contribution >= 0.6 is 0 Å². The van der Waals surface area contributed by atoms with Crippen LogP contribution in [0.25, 0.3) is 0 Å². The predicted octanol–water partition coefficient (Wildman–Crippen LogP) is 1.34. The highest BCUT2D eigenvalue weighted by Gasteiger charge is 2.41. The molecule has 0 unspecified atom stereocenters. The summed E-state index contributed by atoms with van der Waals surface area (Å²) in [5.41, 5.74) is 7.34. The molecule has 17 heavy (non-hydrogen) atoms. The molecule has 0 radical (unpaired) electrons. The Bertz CT molecular complexity index is 424. The Kier molecular flexibility index (Phi) is 3.15. The summed E-state index contributed by atoms with van der Waals surface area (Å²) in [5.74, 6) is -0.00845. The van der Waals surface area contributed by atoms with Crippen LogP contribution in [0.5, 0.6) is 0 Å². The fourth-order valence-corrected chi connectivity index (χ4v) is 2.34. The van der Waals surface area contributed by atoms with Gasteiger partial charge in [0.05, 0.1) is 5.54 Å². The van der Waals surface area contributed by atoms with Crippen molar-refractivity contribution in [2.24, 2.45) is 5.73 Å². The largest absolute Gasteiger partial charge is 0.333 e. The number of aromatic nitrogens is 1. The maximum atomic E-state index is 12.1. The lowest BCUT2D eigenvalue weighted by atomic mass is 9.86. The van der Waals surface area contributed by atoms with Gasteiger partial charge < -0.3 is 10.6 Å². The third-order valence-corrected chi connectivity index (χ3v) is 3.15. The summed E-state index contributed by atoms with van der Waals surface area (Å²) in [4.78, 5) is 18.1. The first-order chi connectivity index (χ1) is 8.04. The van der Waals surface area contributed by atoms with Gasteiger partial charge in [0, 0.05) is 18.8 Å². The van der Waals surface area contributed by atoms with E-state index in [1.807, 2.05) is 19.1 Å². The lowest BCUT2D eigenvalue weighted by Gasteiger charge is -2.47. The number of nitrogens with two attached hydrogens (primary N) is 1. The van der Waals surface area contributed by atoms with Gasteiger partial charge in [-0.2, -0.15) is 0 Å². The highest BCUT2D eigenvalue weighted by molar-refractivity contribution is 5.93. The van der Waals surface area contributed by atoms with E-state index in [1.54, 1.807) is 11.0 Å². The van der Waals surface area contributed by atoms with Crippen molar-refractivity contribution in [3.05, 3.63) is 29.6 Å². The summed E-state index contributed by atoms with van der Waals surface area (Å²) < 4.78 is 0. The summed E-state index contributed by atoms with van der Waals surface area (Å²) in [6.07, 6.45) is 2.03. The Morgan fingerprint density at radius 3 is 2.82 bits per heavy atom. The first-order valence-corrected chi connectivity index (χ1v) is 6.06. The van der Waals surface area contributed by atoms with E-state index in [0.717, 1.165) is 18.5 Å². The van der Waals surface area contributed by atoms with Gasteiger partial charge in [0.15, 0.2) is 0 Å². The number of carbonyl (C=O) groups is 1. The quantitative estimate of drug-likeness (QED) is 0.857. The van der Waals surface area contributed by atoms with Gasteiger partial charge in [-0.1, -0.05) is 19.4 Å². The molecule has 1 aromatic rings. The minimum Gasteiger partial charge on any atom is -0.333 e. The molecule has 0 aromatic carbocycles. The smallest absolute Gasteiger partial charge is 0.272 e. The van der Waals surface area contributed by atoms with Crippen molar-refractivity contribution in [2.45, 2.75) is 32.2 Å². The van der Waals surface area contributed by atoms with Crippen LogP contribution in [0.15, 0.2) is 18.2 Å². The van der Waals surface area contributed by atoms with Crippen LogP contribution in [0, 0.1) is 6.92 Å². The van der Waals surface area contributed by atoms with Crippen molar-refractivity contribution in [2.75, 3.05) is 13.1 Å². The lowest BCUT2D eigenvalue weighted by Crippen LogP contribution is -2.68. The van der Waals surface area contributed by atoms with E-state index in [0.29, 0.717) is 18.8 Å². The molecule has 4 heteroatoms. The van der Waals surface area contributed by atoms with Crippen molar-refractivity contribution in [3.63, 3.8) is 0 Å². The molecule has 4 nitrogen and oxygen atoms in total. The van der Waals surface area contributed by atoms with Crippen LogP contribution in [-0.4, -0.2) is 34.4 Å². The monoisotopic (exact) mass is 233 g/mol. The molecule has 0 bridgehead atoms. The standard InChI is InChI=1S/C13H19N3O/c1-3-7-13(14)8-16(9-13)12(17)11-6-4-5-10(2)15-11/h4-6H,3,7-9,14H2,1-2H3. The zero-order chi connectivity index (χ0) is 12.5. The van der Waals surface area contributed by atoms with Crippen molar-refractivity contribution < 1.29 is 4.79 Å². The normalized spacial score (nSPS) is 17.7. The third-order valence-electron chi connectivity index (χ3n) is 3.15. The molecule has 2 rings (SSSR count). The highest BCUT2D eigenvalue weighted by atomic mass is 16.2. The van der Waals surface area contributed by atoms with Crippen LogP contribution in [-0.2, 0) is 0 Å². The first-order valence-electron chi connectivity index (χ1n) is 6.06. The molecule has 0 saturated carbocycles. The molecule has 1 aromatic heterocycles. The molecule has 2 N–H and O–H groups in total. The molecule has 0 spiro atoms. The van der Waals surface area contributed by atoms with Crippen LogP contribution in [0.3, 0.4) is 0 Å². The second-order valence-electron chi connectivity index (χ2n) is 4.94. The summed E-state index contributed by atoms with van der Waals surface area (Å²) >= 11 is 0. The van der Waals surface area contributed by atoms with E-state index < -0.39 is 0 Å². The van der Waals surface area contributed by atoms with Gasteiger partial charge in [-0.25, -0.2) is 4.98 Å². The average molecular weight is 233 g/mol. The molecule has 1 aliphatic rings. The SMILES string of the molecule is CCCC1(N)CN(C(=O)c2cccc(C)n2)C1. The van der Waals surface area contributed by atoms with E-state index in [9.17, 15) is 4.79 Å². The van der Waals surface area contributed by atoms with Crippen molar-refractivity contribution in [1.29, 1.82) is 0 Å². The van der Waals surface area contributed by atoms with Crippen LogP contribution in [0.2, 0.25) is 0 Å². The molecule has 1 amide bonds. The Hall–Kier alpha value is -1.42. The van der Waals surface area contributed by atoms with Gasteiger partial charge in [-0.15, -0.1) is 0 Å². The van der Waals surface area contributed by atoms with Crippen molar-refractivity contribution in [3.8, 4) is 0 Å². The minimum absolute atomic E-state index is 0.00845. The molecule has 0 aliphatic carbocycles. The maximum absolute atomic E-state index is 12.1. The number of rotatable bonds is 3. The predicted molar refractivity (Wildman–Crippen MR) is 66.7 cm³/mol. The van der Waals surface area contributed by atoms with E-state index >= 15 is 0 Å². The Labute approximate surface area is 102 Å².